The Kier molecular flexibility index (Phi) is 7.23. The fourth-order valence-electron chi connectivity index (χ4n) is 4.60. The number of anilines is 2. The van der Waals surface area contributed by atoms with Crippen LogP contribution in [0.5, 0.6) is 0 Å². The van der Waals surface area contributed by atoms with Crippen LogP contribution in [-0.4, -0.2) is 61.0 Å². The van der Waals surface area contributed by atoms with Crippen LogP contribution in [0.2, 0.25) is 0 Å². The first-order valence-electron chi connectivity index (χ1n) is 11.5. The highest BCUT2D eigenvalue weighted by Gasteiger charge is 2.40. The minimum absolute atomic E-state index is 0.0945. The minimum atomic E-state index is -2.89. The number of morpholine rings is 1. The summed E-state index contributed by atoms with van der Waals surface area (Å²) in [6.45, 7) is 1.06. The molecule has 1 aromatic carbocycles. The van der Waals surface area contributed by atoms with Gasteiger partial charge in [0.05, 0.1) is 6.61 Å². The Labute approximate surface area is 191 Å². The second kappa shape index (κ2) is 10.1. The van der Waals surface area contributed by atoms with E-state index < -0.39 is 29.8 Å². The molecule has 10 heteroatoms. The molecule has 2 saturated carbocycles. The van der Waals surface area contributed by atoms with Crippen molar-refractivity contribution in [2.45, 2.75) is 57.0 Å². The van der Waals surface area contributed by atoms with Gasteiger partial charge in [-0.2, -0.15) is 0 Å². The monoisotopic (exact) mass is 464 g/mol. The van der Waals surface area contributed by atoms with Crippen molar-refractivity contribution in [2.75, 3.05) is 36.5 Å². The topological polar surface area (TPSA) is 105 Å². The molecule has 4 rings (SSSR count). The number of benzene rings is 1. The Morgan fingerprint density at radius 1 is 1.21 bits per heavy atom. The standard InChI is InChI=1S/C23H30F2N4O4/c24-21(25)17-11-16(28-9-10-33-13-19(28)30)7-8-18(17)27-23(32)20(22(26)31)29(15-5-2-6-15)12-14-3-1-4-14/h7-8,11,14-15,20-21H,1-6,9-10,12-13H2,(H2,26,31)(H,27,32)/t20-/m1/s1. The molecule has 3 fully saturated rings. The number of nitrogens with zero attached hydrogens (tertiary/aromatic N) is 2. The second-order valence-corrected chi connectivity index (χ2v) is 9.04. The maximum Gasteiger partial charge on any atom is 0.265 e. The normalized spacial score (nSPS) is 20.5. The van der Waals surface area contributed by atoms with E-state index in [1.807, 2.05) is 4.90 Å². The third-order valence-electron chi connectivity index (χ3n) is 6.91. The molecule has 3 N–H and O–H groups in total. The van der Waals surface area contributed by atoms with Crippen molar-refractivity contribution >= 4 is 29.1 Å². The fraction of sp³-hybridized carbons (Fsp3) is 0.609. The molecule has 33 heavy (non-hydrogen) atoms. The van der Waals surface area contributed by atoms with E-state index in [0.717, 1.165) is 38.5 Å². The zero-order chi connectivity index (χ0) is 23.5. The Bertz CT molecular complexity index is 904. The second-order valence-electron chi connectivity index (χ2n) is 9.04. The fourth-order valence-corrected chi connectivity index (χ4v) is 4.60. The summed E-state index contributed by atoms with van der Waals surface area (Å²) in [6.07, 6.45) is 3.13. The lowest BCUT2D eigenvalue weighted by Gasteiger charge is -2.43. The third-order valence-corrected chi connectivity index (χ3v) is 6.91. The van der Waals surface area contributed by atoms with E-state index in [9.17, 15) is 23.2 Å². The molecule has 0 radical (unpaired) electrons. The van der Waals surface area contributed by atoms with Crippen LogP contribution in [0.15, 0.2) is 18.2 Å². The first-order chi connectivity index (χ1) is 15.8. The maximum atomic E-state index is 13.9. The molecule has 0 spiro atoms. The van der Waals surface area contributed by atoms with E-state index in [2.05, 4.69) is 5.32 Å². The van der Waals surface area contributed by atoms with Gasteiger partial charge in [0.1, 0.15) is 6.61 Å². The predicted molar refractivity (Wildman–Crippen MR) is 118 cm³/mol. The van der Waals surface area contributed by atoms with Gasteiger partial charge in [-0.05, 0) is 49.8 Å². The largest absolute Gasteiger partial charge is 0.370 e. The zero-order valence-electron chi connectivity index (χ0n) is 18.5. The quantitative estimate of drug-likeness (QED) is 0.546. The molecular formula is C23H30F2N4O4. The predicted octanol–water partition coefficient (Wildman–Crippen LogP) is 2.43. The molecule has 3 aliphatic rings. The molecular weight excluding hydrogens is 434 g/mol. The van der Waals surface area contributed by atoms with Gasteiger partial charge < -0.3 is 20.7 Å². The molecule has 1 saturated heterocycles. The molecule has 8 nitrogen and oxygen atoms in total. The number of nitrogens with two attached hydrogens (primary N) is 1. The number of carbonyl (C=O) groups excluding carboxylic acids is 3. The lowest BCUT2D eigenvalue weighted by atomic mass is 9.82. The van der Waals surface area contributed by atoms with Crippen molar-refractivity contribution in [3.8, 4) is 0 Å². The number of rotatable bonds is 9. The lowest BCUT2D eigenvalue weighted by Crippen LogP contribution is -2.58. The van der Waals surface area contributed by atoms with Crippen molar-refractivity contribution < 1.29 is 27.9 Å². The smallest absolute Gasteiger partial charge is 0.265 e. The molecule has 1 aliphatic heterocycles. The van der Waals surface area contributed by atoms with E-state index in [4.69, 9.17) is 10.5 Å². The van der Waals surface area contributed by atoms with Crippen molar-refractivity contribution in [3.63, 3.8) is 0 Å². The minimum Gasteiger partial charge on any atom is -0.370 e. The number of amides is 3. The van der Waals surface area contributed by atoms with E-state index in [0.29, 0.717) is 24.8 Å². The molecule has 0 unspecified atom stereocenters. The van der Waals surface area contributed by atoms with E-state index in [-0.39, 0.29) is 30.8 Å². The number of nitrogens with one attached hydrogen (secondary N) is 1. The van der Waals surface area contributed by atoms with E-state index >= 15 is 0 Å². The molecule has 2 aliphatic carbocycles. The first kappa shape index (κ1) is 23.6. The lowest BCUT2D eigenvalue weighted by molar-refractivity contribution is -0.135. The summed E-state index contributed by atoms with van der Waals surface area (Å²) < 4.78 is 32.8. The summed E-state index contributed by atoms with van der Waals surface area (Å²) >= 11 is 0. The van der Waals surface area contributed by atoms with Gasteiger partial charge in [0.2, 0.25) is 5.91 Å². The van der Waals surface area contributed by atoms with Crippen LogP contribution in [0.4, 0.5) is 20.2 Å². The SMILES string of the molecule is NC(=O)[C@H](C(=O)Nc1ccc(N2CCOCC2=O)cc1C(F)F)N(CC1CCC1)C1CCC1. The third kappa shape index (κ3) is 5.16. The highest BCUT2D eigenvalue weighted by Crippen LogP contribution is 2.35. The molecule has 0 bridgehead atoms. The molecule has 0 aromatic heterocycles. The zero-order valence-corrected chi connectivity index (χ0v) is 18.5. The van der Waals surface area contributed by atoms with Gasteiger partial charge in [-0.15, -0.1) is 0 Å². The number of hydrogen-bond donors (Lipinski definition) is 2. The highest BCUT2D eigenvalue weighted by molar-refractivity contribution is 6.10. The Hall–Kier alpha value is -2.59. The molecule has 1 aromatic rings. The highest BCUT2D eigenvalue weighted by atomic mass is 19.3. The Balaban J connectivity index is 1.55. The van der Waals surface area contributed by atoms with Crippen LogP contribution >= 0.6 is 0 Å². The summed E-state index contributed by atoms with van der Waals surface area (Å²) in [5.74, 6) is -1.39. The average Bonchev–Trinajstić information content (AvgIpc) is 2.69. The van der Waals surface area contributed by atoms with Crippen molar-refractivity contribution in [1.29, 1.82) is 0 Å². The summed E-state index contributed by atoms with van der Waals surface area (Å²) in [5.41, 5.74) is 5.43. The van der Waals surface area contributed by atoms with Gasteiger partial charge in [-0.1, -0.05) is 12.8 Å². The first-order valence-corrected chi connectivity index (χ1v) is 11.5. The summed E-state index contributed by atoms with van der Waals surface area (Å²) in [4.78, 5) is 40.8. The number of hydrogen-bond acceptors (Lipinski definition) is 5. The molecule has 1 heterocycles. The van der Waals surface area contributed by atoms with Gasteiger partial charge in [-0.3, -0.25) is 19.3 Å². The molecule has 180 valence electrons. The number of carbonyl (C=O) groups is 3. The number of primary amides is 1. The van der Waals surface area contributed by atoms with Crippen LogP contribution in [-0.2, 0) is 19.1 Å². The van der Waals surface area contributed by atoms with Crippen LogP contribution in [0.25, 0.3) is 0 Å². The van der Waals surface area contributed by atoms with Gasteiger partial charge >= 0.3 is 0 Å². The van der Waals surface area contributed by atoms with Crippen molar-refractivity contribution in [1.82, 2.24) is 4.90 Å². The van der Waals surface area contributed by atoms with Crippen molar-refractivity contribution in [2.24, 2.45) is 11.7 Å². The Morgan fingerprint density at radius 3 is 2.48 bits per heavy atom. The van der Waals surface area contributed by atoms with Gasteiger partial charge in [0, 0.05) is 36.1 Å². The van der Waals surface area contributed by atoms with Gasteiger partial charge in [0.15, 0.2) is 6.04 Å². The van der Waals surface area contributed by atoms with Gasteiger partial charge in [0.25, 0.3) is 18.2 Å². The van der Waals surface area contributed by atoms with Crippen LogP contribution in [0.3, 0.4) is 0 Å². The number of halogens is 2. The van der Waals surface area contributed by atoms with Crippen LogP contribution in [0, 0.1) is 5.92 Å². The molecule has 1 atom stereocenters. The van der Waals surface area contributed by atoms with E-state index in [1.165, 1.54) is 23.1 Å². The maximum absolute atomic E-state index is 13.9. The summed E-state index contributed by atoms with van der Waals surface area (Å²) in [5, 5.41) is 2.52. The Morgan fingerprint density at radius 2 is 1.94 bits per heavy atom. The average molecular weight is 465 g/mol. The van der Waals surface area contributed by atoms with E-state index in [1.54, 1.807) is 0 Å². The van der Waals surface area contributed by atoms with Gasteiger partial charge in [-0.25, -0.2) is 8.78 Å². The number of ether oxygens (including phenoxy) is 1. The summed E-state index contributed by atoms with van der Waals surface area (Å²) in [7, 11) is 0. The summed E-state index contributed by atoms with van der Waals surface area (Å²) in [6, 6.07) is 2.91. The van der Waals surface area contributed by atoms with Crippen LogP contribution in [0.1, 0.15) is 50.5 Å². The number of alkyl halides is 2. The van der Waals surface area contributed by atoms with Crippen molar-refractivity contribution in [3.05, 3.63) is 23.8 Å². The molecule has 3 amide bonds. The van der Waals surface area contributed by atoms with Crippen LogP contribution < -0.4 is 16.0 Å².